The normalized spacial score (nSPS) is 13.5. The maximum atomic E-state index is 12.8. The van der Waals surface area contributed by atoms with Crippen molar-refractivity contribution >= 4 is 39.5 Å². The third-order valence-electron chi connectivity index (χ3n) is 4.17. The van der Waals surface area contributed by atoms with Crippen LogP contribution in [0.1, 0.15) is 27.9 Å². The summed E-state index contributed by atoms with van der Waals surface area (Å²) in [5, 5.41) is 3.13. The number of amides is 2. The first-order chi connectivity index (χ1) is 12.6. The Labute approximate surface area is 153 Å². The molecule has 2 N–H and O–H groups in total. The fourth-order valence-electron chi connectivity index (χ4n) is 2.93. The Hall–Kier alpha value is -2.94. The molecule has 1 aliphatic heterocycles. The molecule has 0 atom stereocenters. The summed E-state index contributed by atoms with van der Waals surface area (Å²) in [6.07, 6.45) is 1.76. The highest BCUT2D eigenvalue weighted by molar-refractivity contribution is 7.15. The number of benzene rings is 1. The number of H-pyrrole nitrogens is 1. The highest BCUT2D eigenvalue weighted by Gasteiger charge is 2.25. The molecule has 0 aliphatic carbocycles. The third-order valence-corrected chi connectivity index (χ3v) is 5.17. The number of fused-ring (bicyclic) bond motifs is 2. The van der Waals surface area contributed by atoms with Crippen molar-refractivity contribution in [1.82, 2.24) is 19.9 Å². The third kappa shape index (κ3) is 3.13. The summed E-state index contributed by atoms with van der Waals surface area (Å²) in [5.41, 5.74) is 3.22. The Balaban J connectivity index is 1.49. The molecule has 3 aromatic rings. The van der Waals surface area contributed by atoms with Gasteiger partial charge in [-0.2, -0.15) is 0 Å². The summed E-state index contributed by atoms with van der Waals surface area (Å²) in [5.74, 6) is -0.0274. The van der Waals surface area contributed by atoms with Crippen LogP contribution in [0.3, 0.4) is 0 Å². The van der Waals surface area contributed by atoms with Crippen LogP contribution < -0.4 is 5.32 Å². The average Bonchev–Trinajstić information content (AvgIpc) is 3.25. The minimum atomic E-state index is -0.514. The Kier molecular flexibility index (Phi) is 4.29. The Morgan fingerprint density at radius 3 is 3.15 bits per heavy atom. The fraction of sp³-hybridized carbons (Fsp3) is 0.294. The lowest BCUT2D eigenvalue weighted by atomic mass is 10.1. The van der Waals surface area contributed by atoms with E-state index in [0.29, 0.717) is 36.8 Å². The lowest BCUT2D eigenvalue weighted by Gasteiger charge is -2.26. The molecule has 134 valence electrons. The Bertz CT molecular complexity index is 980. The summed E-state index contributed by atoms with van der Waals surface area (Å²) >= 11 is 1.38. The standard InChI is InChI=1S/C17H17N5O3S/c1-2-25-17(24)21-16-20-12-5-6-22(8-14(12)26-16)15(23)10-3-4-11-13(7-10)19-9-18-11/h3-4,7,9H,2,5-6,8H2,1H3,(H,18,19)(H,20,21,24). The van der Waals surface area contributed by atoms with Crippen LogP contribution in [-0.2, 0) is 17.7 Å². The molecule has 0 saturated heterocycles. The number of aromatic nitrogens is 3. The van der Waals surface area contributed by atoms with Crippen molar-refractivity contribution in [3.8, 4) is 0 Å². The van der Waals surface area contributed by atoms with Crippen LogP contribution in [0.5, 0.6) is 0 Å². The van der Waals surface area contributed by atoms with Gasteiger partial charge in [0.2, 0.25) is 0 Å². The smallest absolute Gasteiger partial charge is 0.413 e. The molecule has 1 aliphatic rings. The van der Waals surface area contributed by atoms with Gasteiger partial charge < -0.3 is 14.6 Å². The number of aromatic amines is 1. The first-order valence-electron chi connectivity index (χ1n) is 8.29. The maximum Gasteiger partial charge on any atom is 0.413 e. The van der Waals surface area contributed by atoms with Gasteiger partial charge in [-0.25, -0.2) is 14.8 Å². The maximum absolute atomic E-state index is 12.8. The van der Waals surface area contributed by atoms with E-state index in [1.54, 1.807) is 24.2 Å². The van der Waals surface area contributed by atoms with Crippen LogP contribution in [0, 0.1) is 0 Å². The molecule has 0 saturated carbocycles. The molecule has 1 aromatic carbocycles. The van der Waals surface area contributed by atoms with Crippen molar-refractivity contribution in [1.29, 1.82) is 0 Å². The van der Waals surface area contributed by atoms with Gasteiger partial charge in [0.25, 0.3) is 5.91 Å². The van der Waals surface area contributed by atoms with Gasteiger partial charge in [-0.15, -0.1) is 0 Å². The van der Waals surface area contributed by atoms with E-state index in [1.807, 2.05) is 12.1 Å². The average molecular weight is 371 g/mol. The molecule has 9 heteroatoms. The van der Waals surface area contributed by atoms with Crippen molar-refractivity contribution in [3.63, 3.8) is 0 Å². The van der Waals surface area contributed by atoms with E-state index in [4.69, 9.17) is 4.74 Å². The van der Waals surface area contributed by atoms with Crippen LogP contribution in [0.2, 0.25) is 0 Å². The fourth-order valence-corrected chi connectivity index (χ4v) is 3.94. The van der Waals surface area contributed by atoms with E-state index in [0.717, 1.165) is 21.6 Å². The Morgan fingerprint density at radius 2 is 2.31 bits per heavy atom. The lowest BCUT2D eigenvalue weighted by Crippen LogP contribution is -2.35. The second-order valence-corrected chi connectivity index (χ2v) is 6.93. The number of rotatable bonds is 3. The molecule has 8 nitrogen and oxygen atoms in total. The highest BCUT2D eigenvalue weighted by atomic mass is 32.1. The van der Waals surface area contributed by atoms with Crippen molar-refractivity contribution in [3.05, 3.63) is 40.7 Å². The van der Waals surface area contributed by atoms with Crippen LogP contribution in [0.25, 0.3) is 11.0 Å². The van der Waals surface area contributed by atoms with Crippen LogP contribution in [0.15, 0.2) is 24.5 Å². The first kappa shape index (κ1) is 16.5. The van der Waals surface area contributed by atoms with E-state index >= 15 is 0 Å². The van der Waals surface area contributed by atoms with E-state index in [1.165, 1.54) is 11.3 Å². The lowest BCUT2D eigenvalue weighted by molar-refractivity contribution is 0.0736. The number of thiazole rings is 1. The molecule has 0 fully saturated rings. The SMILES string of the molecule is CCOC(=O)Nc1nc2c(s1)CN(C(=O)c1ccc3nc[nH]c3c1)CC2. The number of ether oxygens (including phenoxy) is 1. The largest absolute Gasteiger partial charge is 0.450 e. The summed E-state index contributed by atoms with van der Waals surface area (Å²) in [6, 6.07) is 5.45. The van der Waals surface area contributed by atoms with Gasteiger partial charge in [0.05, 0.1) is 36.2 Å². The van der Waals surface area contributed by atoms with Gasteiger partial charge in [0, 0.05) is 23.4 Å². The van der Waals surface area contributed by atoms with Gasteiger partial charge in [-0.05, 0) is 25.1 Å². The molecule has 2 aromatic heterocycles. The molecule has 0 unspecified atom stereocenters. The summed E-state index contributed by atoms with van der Waals surface area (Å²) < 4.78 is 4.87. The van der Waals surface area contributed by atoms with Gasteiger partial charge in [-0.3, -0.25) is 10.1 Å². The number of carbonyl (C=O) groups is 2. The number of nitrogens with zero attached hydrogens (tertiary/aromatic N) is 3. The minimum absolute atomic E-state index is 0.0274. The quantitative estimate of drug-likeness (QED) is 0.737. The number of hydrogen-bond donors (Lipinski definition) is 2. The highest BCUT2D eigenvalue weighted by Crippen LogP contribution is 2.29. The zero-order valence-electron chi connectivity index (χ0n) is 14.1. The molecular weight excluding hydrogens is 354 g/mol. The molecule has 0 spiro atoms. The number of nitrogens with one attached hydrogen (secondary N) is 2. The predicted octanol–water partition coefficient (Wildman–Crippen LogP) is 2.79. The second kappa shape index (κ2) is 6.75. The summed E-state index contributed by atoms with van der Waals surface area (Å²) in [6.45, 7) is 3.13. The molecule has 4 rings (SSSR count). The van der Waals surface area contributed by atoms with Crippen molar-refractivity contribution < 1.29 is 14.3 Å². The van der Waals surface area contributed by atoms with Gasteiger partial charge in [0.15, 0.2) is 5.13 Å². The van der Waals surface area contributed by atoms with Crippen molar-refractivity contribution in [2.75, 3.05) is 18.5 Å². The Morgan fingerprint density at radius 1 is 1.42 bits per heavy atom. The summed E-state index contributed by atoms with van der Waals surface area (Å²) in [7, 11) is 0. The van der Waals surface area contributed by atoms with Gasteiger partial charge >= 0.3 is 6.09 Å². The number of imidazole rings is 1. The molecule has 0 radical (unpaired) electrons. The molecule has 3 heterocycles. The summed E-state index contributed by atoms with van der Waals surface area (Å²) in [4.78, 5) is 38.8. The van der Waals surface area contributed by atoms with Crippen LogP contribution in [-0.4, -0.2) is 45.0 Å². The zero-order valence-corrected chi connectivity index (χ0v) is 14.9. The zero-order chi connectivity index (χ0) is 18.1. The van der Waals surface area contributed by atoms with Crippen molar-refractivity contribution in [2.45, 2.75) is 19.9 Å². The van der Waals surface area contributed by atoms with Crippen LogP contribution >= 0.6 is 11.3 Å². The van der Waals surface area contributed by atoms with Crippen LogP contribution in [0.4, 0.5) is 9.93 Å². The first-order valence-corrected chi connectivity index (χ1v) is 9.10. The minimum Gasteiger partial charge on any atom is -0.450 e. The van der Waals surface area contributed by atoms with E-state index in [2.05, 4.69) is 20.3 Å². The number of carbonyl (C=O) groups excluding carboxylic acids is 2. The second-order valence-electron chi connectivity index (χ2n) is 5.85. The van der Waals surface area contributed by atoms with E-state index in [9.17, 15) is 9.59 Å². The van der Waals surface area contributed by atoms with E-state index in [-0.39, 0.29) is 5.91 Å². The number of anilines is 1. The number of hydrogen-bond acceptors (Lipinski definition) is 6. The van der Waals surface area contributed by atoms with Crippen molar-refractivity contribution in [2.24, 2.45) is 0 Å². The molecule has 0 bridgehead atoms. The molecule has 2 amide bonds. The predicted molar refractivity (Wildman–Crippen MR) is 97.3 cm³/mol. The van der Waals surface area contributed by atoms with Gasteiger partial charge in [0.1, 0.15) is 0 Å². The monoisotopic (exact) mass is 371 g/mol. The van der Waals surface area contributed by atoms with Gasteiger partial charge in [-0.1, -0.05) is 11.3 Å². The van der Waals surface area contributed by atoms with E-state index < -0.39 is 6.09 Å². The molecular formula is C17H17N5O3S. The molecule has 26 heavy (non-hydrogen) atoms. The topological polar surface area (TPSA) is 100 Å².